The zero-order valence-electron chi connectivity index (χ0n) is 17.0. The Bertz CT molecular complexity index is 935. The molecular formula is C22H25NO6. The number of nitrogens with one attached hydrogen (secondary N) is 1. The molecule has 0 unspecified atom stereocenters. The van der Waals surface area contributed by atoms with E-state index >= 15 is 0 Å². The molecule has 7 nitrogen and oxygen atoms in total. The average Bonchev–Trinajstić information content (AvgIpc) is 2.67. The summed E-state index contributed by atoms with van der Waals surface area (Å²) in [5.41, 5.74) is 2.45. The lowest BCUT2D eigenvalue weighted by atomic mass is 9.99. The van der Waals surface area contributed by atoms with Crippen molar-refractivity contribution in [3.05, 3.63) is 52.6 Å². The molecule has 154 valence electrons. The molecule has 2 N–H and O–H groups in total. The van der Waals surface area contributed by atoms with E-state index in [1.807, 2.05) is 6.92 Å². The van der Waals surface area contributed by atoms with Crippen molar-refractivity contribution in [2.24, 2.45) is 0 Å². The molecule has 0 aliphatic heterocycles. The molecule has 0 aliphatic rings. The van der Waals surface area contributed by atoms with Crippen LogP contribution < -0.4 is 14.8 Å². The van der Waals surface area contributed by atoms with Gasteiger partial charge in [-0.1, -0.05) is 19.4 Å². The number of hydrogen-bond donors (Lipinski definition) is 2. The number of carboxylic acid groups (broad SMARTS) is 1. The van der Waals surface area contributed by atoms with Crippen LogP contribution in [0.15, 0.2) is 30.3 Å². The fourth-order valence-corrected chi connectivity index (χ4v) is 3.03. The number of ether oxygens (including phenoxy) is 2. The minimum absolute atomic E-state index is 0.121. The summed E-state index contributed by atoms with van der Waals surface area (Å²) in [4.78, 5) is 34.8. The first-order valence-electron chi connectivity index (χ1n) is 9.25. The summed E-state index contributed by atoms with van der Waals surface area (Å²) in [6.07, 6.45) is 1.40. The highest BCUT2D eigenvalue weighted by molar-refractivity contribution is 6.04. The van der Waals surface area contributed by atoms with Gasteiger partial charge in [-0.3, -0.25) is 9.59 Å². The Hall–Kier alpha value is -3.35. The van der Waals surface area contributed by atoms with Crippen LogP contribution in [-0.2, 0) is 17.8 Å². The number of Topliss-reactive ketones (excluding diaryl/α,β-unsaturated/α-hetero) is 1. The third-order valence-electron chi connectivity index (χ3n) is 4.37. The van der Waals surface area contributed by atoms with E-state index in [0.29, 0.717) is 34.7 Å². The molecule has 0 saturated heterocycles. The molecule has 0 fully saturated rings. The number of hydrogen-bond acceptors (Lipinski definition) is 5. The Balaban J connectivity index is 2.41. The normalized spacial score (nSPS) is 10.3. The summed E-state index contributed by atoms with van der Waals surface area (Å²) in [6.45, 7) is 4.97. The van der Waals surface area contributed by atoms with E-state index in [-0.39, 0.29) is 23.9 Å². The van der Waals surface area contributed by atoms with Crippen LogP contribution >= 0.6 is 0 Å². The number of aromatic carboxylic acids is 1. The first-order valence-corrected chi connectivity index (χ1v) is 9.25. The van der Waals surface area contributed by atoms with Crippen molar-refractivity contribution in [3.8, 4) is 11.5 Å². The Kier molecular flexibility index (Phi) is 7.36. The molecule has 2 rings (SSSR count). The second-order valence-corrected chi connectivity index (χ2v) is 6.57. The molecule has 0 saturated carbocycles. The maximum absolute atomic E-state index is 12.0. The van der Waals surface area contributed by atoms with Gasteiger partial charge in [0.25, 0.3) is 0 Å². The van der Waals surface area contributed by atoms with Gasteiger partial charge in [0.05, 0.1) is 18.4 Å². The van der Waals surface area contributed by atoms with Gasteiger partial charge in [0.15, 0.2) is 5.78 Å². The molecule has 1 amide bonds. The number of amides is 1. The van der Waals surface area contributed by atoms with Gasteiger partial charge in [0, 0.05) is 23.6 Å². The standard InChI is InChI=1S/C22H25NO6/c1-5-6-18-19(10-9-17(13(2)24)21(18)23-14(3)25)29-12-16-8-7-15(22(26)27)11-20(16)28-4/h7-11H,5-6,12H2,1-4H3,(H,23,25)(H,26,27). The molecule has 2 aromatic carbocycles. The minimum Gasteiger partial charge on any atom is -0.496 e. The van der Waals surface area contributed by atoms with Gasteiger partial charge in [-0.15, -0.1) is 0 Å². The maximum Gasteiger partial charge on any atom is 0.335 e. The van der Waals surface area contributed by atoms with Crippen molar-refractivity contribution < 1.29 is 29.0 Å². The van der Waals surface area contributed by atoms with Gasteiger partial charge >= 0.3 is 5.97 Å². The Morgan fingerprint density at radius 1 is 1.07 bits per heavy atom. The molecule has 2 aromatic rings. The Morgan fingerprint density at radius 3 is 2.34 bits per heavy atom. The van der Waals surface area contributed by atoms with Crippen LogP contribution in [0.25, 0.3) is 0 Å². The summed E-state index contributed by atoms with van der Waals surface area (Å²) >= 11 is 0. The largest absolute Gasteiger partial charge is 0.496 e. The van der Waals surface area contributed by atoms with Crippen LogP contribution in [0.4, 0.5) is 5.69 Å². The minimum atomic E-state index is -1.04. The molecule has 7 heteroatoms. The van der Waals surface area contributed by atoms with E-state index in [4.69, 9.17) is 14.6 Å². The number of carboxylic acids is 1. The van der Waals surface area contributed by atoms with Crippen molar-refractivity contribution in [2.75, 3.05) is 12.4 Å². The summed E-state index contributed by atoms with van der Waals surface area (Å²) in [6, 6.07) is 7.91. The van der Waals surface area contributed by atoms with Crippen LogP contribution in [0, 0.1) is 0 Å². The van der Waals surface area contributed by atoms with Crippen LogP contribution in [0.5, 0.6) is 11.5 Å². The maximum atomic E-state index is 12.0. The van der Waals surface area contributed by atoms with E-state index in [0.717, 1.165) is 12.0 Å². The smallest absolute Gasteiger partial charge is 0.335 e. The number of anilines is 1. The SMILES string of the molecule is CCCc1c(OCc2ccc(C(=O)O)cc2OC)ccc(C(C)=O)c1NC(C)=O. The van der Waals surface area contributed by atoms with Crippen LogP contribution in [0.3, 0.4) is 0 Å². The van der Waals surface area contributed by atoms with Crippen LogP contribution in [-0.4, -0.2) is 29.9 Å². The zero-order chi connectivity index (χ0) is 21.6. The van der Waals surface area contributed by atoms with E-state index in [9.17, 15) is 14.4 Å². The van der Waals surface area contributed by atoms with Crippen molar-refractivity contribution in [1.29, 1.82) is 0 Å². The fourth-order valence-electron chi connectivity index (χ4n) is 3.03. The molecule has 0 atom stereocenters. The lowest BCUT2D eigenvalue weighted by Gasteiger charge is -2.19. The molecule has 0 heterocycles. The molecule has 0 radical (unpaired) electrons. The molecule has 0 aromatic heterocycles. The molecular weight excluding hydrogens is 374 g/mol. The van der Waals surface area contributed by atoms with Gasteiger partial charge in [-0.25, -0.2) is 4.79 Å². The molecule has 0 aliphatic carbocycles. The van der Waals surface area contributed by atoms with Gasteiger partial charge in [-0.2, -0.15) is 0 Å². The number of benzene rings is 2. The topological polar surface area (TPSA) is 102 Å². The first-order chi connectivity index (χ1) is 13.8. The average molecular weight is 399 g/mol. The number of ketones is 1. The Labute approximate surface area is 169 Å². The zero-order valence-corrected chi connectivity index (χ0v) is 17.0. The predicted octanol–water partition coefficient (Wildman–Crippen LogP) is 4.09. The highest BCUT2D eigenvalue weighted by atomic mass is 16.5. The van der Waals surface area contributed by atoms with Crippen molar-refractivity contribution in [1.82, 2.24) is 0 Å². The highest BCUT2D eigenvalue weighted by Crippen LogP contribution is 2.33. The van der Waals surface area contributed by atoms with Crippen molar-refractivity contribution >= 4 is 23.3 Å². The van der Waals surface area contributed by atoms with Gasteiger partial charge in [-0.05, 0) is 37.6 Å². The number of carbonyl (C=O) groups excluding carboxylic acids is 2. The monoisotopic (exact) mass is 399 g/mol. The number of carbonyl (C=O) groups is 3. The number of rotatable bonds is 9. The van der Waals surface area contributed by atoms with Crippen LogP contribution in [0.1, 0.15) is 59.0 Å². The summed E-state index contributed by atoms with van der Waals surface area (Å²) in [7, 11) is 1.46. The predicted molar refractivity (Wildman–Crippen MR) is 109 cm³/mol. The molecule has 29 heavy (non-hydrogen) atoms. The number of methoxy groups -OCH3 is 1. The third kappa shape index (κ3) is 5.34. The second kappa shape index (κ2) is 9.73. The lowest BCUT2D eigenvalue weighted by molar-refractivity contribution is -0.114. The highest BCUT2D eigenvalue weighted by Gasteiger charge is 2.18. The second-order valence-electron chi connectivity index (χ2n) is 6.57. The quantitative estimate of drug-likeness (QED) is 0.616. The van der Waals surface area contributed by atoms with Crippen molar-refractivity contribution in [3.63, 3.8) is 0 Å². The summed E-state index contributed by atoms with van der Waals surface area (Å²) in [5.74, 6) is -0.508. The van der Waals surface area contributed by atoms with Crippen LogP contribution in [0.2, 0.25) is 0 Å². The first kappa shape index (κ1) is 21.9. The Morgan fingerprint density at radius 2 is 1.79 bits per heavy atom. The third-order valence-corrected chi connectivity index (χ3v) is 4.37. The summed E-state index contributed by atoms with van der Waals surface area (Å²) < 4.78 is 11.3. The summed E-state index contributed by atoms with van der Waals surface area (Å²) in [5, 5.41) is 11.9. The lowest BCUT2D eigenvalue weighted by Crippen LogP contribution is -2.14. The molecule has 0 spiro atoms. The van der Waals surface area contributed by atoms with Gasteiger partial charge in [0.2, 0.25) is 5.91 Å². The van der Waals surface area contributed by atoms with Gasteiger partial charge < -0.3 is 19.9 Å². The van der Waals surface area contributed by atoms with Crippen molar-refractivity contribution in [2.45, 2.75) is 40.2 Å². The van der Waals surface area contributed by atoms with E-state index in [1.54, 1.807) is 18.2 Å². The fraction of sp³-hybridized carbons (Fsp3) is 0.318. The van der Waals surface area contributed by atoms with E-state index in [2.05, 4.69) is 5.32 Å². The molecule has 0 bridgehead atoms. The van der Waals surface area contributed by atoms with E-state index in [1.165, 1.54) is 33.1 Å². The van der Waals surface area contributed by atoms with Gasteiger partial charge in [0.1, 0.15) is 18.1 Å². The van der Waals surface area contributed by atoms with E-state index < -0.39 is 5.97 Å².